The number of rotatable bonds is 0. The summed E-state index contributed by atoms with van der Waals surface area (Å²) in [6.07, 6.45) is 0. The molecule has 59 valence electrons. The molecule has 0 aromatic rings. The van der Waals surface area contributed by atoms with Gasteiger partial charge in [-0.2, -0.15) is 0 Å². The molecule has 0 rings (SSSR count). The van der Waals surface area contributed by atoms with E-state index >= 15 is 0 Å². The Bertz CT molecular complexity index is 16.0. The molecule has 8 heavy (non-hydrogen) atoms. The van der Waals surface area contributed by atoms with Crippen LogP contribution in [0.4, 0.5) is 0 Å². The first-order valence-corrected chi connectivity index (χ1v) is 1.08. The Labute approximate surface area is 54.2 Å². The monoisotopic (exact) mass is 175 g/mol. The van der Waals surface area contributed by atoms with Crippen LogP contribution in [-0.4, -0.2) is 32.6 Å². The Morgan fingerprint density at radius 3 is 0.875 bits per heavy atom. The summed E-state index contributed by atoms with van der Waals surface area (Å²) in [5.74, 6) is 0. The molecular formula is CH11FeO6. The second-order valence-corrected chi connectivity index (χ2v) is 0.344. The molecule has 0 radical (unpaired) electrons. The van der Waals surface area contributed by atoms with Crippen molar-refractivity contribution in [1.82, 2.24) is 0 Å². The molecule has 0 unspecified atom stereocenters. The van der Waals surface area contributed by atoms with Crippen LogP contribution in [0.1, 0.15) is 0 Å². The zero-order chi connectivity index (χ0) is 2.71. The second kappa shape index (κ2) is 256. The van der Waals surface area contributed by atoms with Gasteiger partial charge in [0.1, 0.15) is 0 Å². The summed E-state index contributed by atoms with van der Waals surface area (Å²) < 4.78 is 0. The quantitative estimate of drug-likeness (QED) is 0.262. The van der Waals surface area contributed by atoms with E-state index in [-0.39, 0.29) is 27.4 Å². The van der Waals surface area contributed by atoms with Crippen LogP contribution >= 0.6 is 0 Å². The van der Waals surface area contributed by atoms with Gasteiger partial charge >= 0.3 is 26.0 Å². The van der Waals surface area contributed by atoms with Crippen LogP contribution in [-0.2, 0) is 20.8 Å². The van der Waals surface area contributed by atoms with Crippen molar-refractivity contribution in [2.75, 3.05) is 0 Å². The van der Waals surface area contributed by atoms with Crippen LogP contribution in [0.25, 0.3) is 0 Å². The molecule has 0 fully saturated rings. The van der Waals surface area contributed by atoms with E-state index in [1.54, 1.807) is 0 Å². The first kappa shape index (κ1) is 98.6. The predicted molar refractivity (Wildman–Crippen MR) is 24.8 cm³/mol. The molecule has 10 N–H and O–H groups in total. The van der Waals surface area contributed by atoms with Crippen LogP contribution in [0, 0.1) is 0 Å². The Morgan fingerprint density at radius 2 is 0.875 bits per heavy atom. The van der Waals surface area contributed by atoms with E-state index in [1.807, 2.05) is 0 Å². The molecule has 6 nitrogen and oxygen atoms in total. The van der Waals surface area contributed by atoms with Gasteiger partial charge in [0.2, 0.25) is 0 Å². The molecule has 0 saturated carbocycles. The fourth-order valence-corrected chi connectivity index (χ4v) is 0. The molecule has 0 aliphatic heterocycles. The predicted octanol–water partition coefficient (Wildman–Crippen LogP) is -4.40. The first-order valence-electron chi connectivity index (χ1n) is 0.440. The summed E-state index contributed by atoms with van der Waals surface area (Å²) >= 11 is 2.81. The van der Waals surface area contributed by atoms with Gasteiger partial charge in [0, 0.05) is 0 Å². The number of hydrogen-bond acceptors (Lipinski definition) is 1. The molecule has 0 atom stereocenters. The van der Waals surface area contributed by atoms with Crippen LogP contribution in [0.15, 0.2) is 0 Å². The standard InChI is InChI=1S/CHO.Fe.5H2O/c1-2;;;;;;/h1H;;5*1H2. The minimum absolute atomic E-state index is 0. The third-order valence-electron chi connectivity index (χ3n) is 0. The SMILES string of the molecule is O.O.O.O.O.O=[CH][Fe]. The zero-order valence-electron chi connectivity index (χ0n) is 3.84. The first-order chi connectivity index (χ1) is 1.41. The van der Waals surface area contributed by atoms with E-state index in [0.29, 0.717) is 5.18 Å². The van der Waals surface area contributed by atoms with Crippen molar-refractivity contribution >= 4 is 5.18 Å². The van der Waals surface area contributed by atoms with Crippen molar-refractivity contribution in [2.45, 2.75) is 0 Å². The van der Waals surface area contributed by atoms with Gasteiger partial charge in [-0.25, -0.2) is 0 Å². The zero-order valence-corrected chi connectivity index (χ0v) is 4.94. The maximum atomic E-state index is 8.69. The van der Waals surface area contributed by atoms with Gasteiger partial charge in [0.15, 0.2) is 0 Å². The van der Waals surface area contributed by atoms with Crippen LogP contribution in [0.5, 0.6) is 0 Å². The molecule has 0 spiro atoms. The van der Waals surface area contributed by atoms with Gasteiger partial charge in [-0.1, -0.05) is 0 Å². The van der Waals surface area contributed by atoms with Crippen molar-refractivity contribution in [3.05, 3.63) is 0 Å². The molecule has 0 bridgehead atoms. The van der Waals surface area contributed by atoms with Crippen molar-refractivity contribution in [3.63, 3.8) is 0 Å². The van der Waals surface area contributed by atoms with Crippen molar-refractivity contribution < 1.29 is 48.2 Å². The molecule has 0 aliphatic rings. The van der Waals surface area contributed by atoms with E-state index in [0.717, 1.165) is 0 Å². The maximum absolute atomic E-state index is 8.69. The van der Waals surface area contributed by atoms with Crippen molar-refractivity contribution in [3.8, 4) is 0 Å². The van der Waals surface area contributed by atoms with Crippen molar-refractivity contribution in [1.29, 1.82) is 0 Å². The summed E-state index contributed by atoms with van der Waals surface area (Å²) in [6, 6.07) is 0. The average molecular weight is 175 g/mol. The van der Waals surface area contributed by atoms with Crippen LogP contribution in [0.3, 0.4) is 0 Å². The van der Waals surface area contributed by atoms with Gasteiger partial charge in [-0.15, -0.1) is 0 Å². The number of carbonyl (C=O) groups is 1. The Balaban J connectivity index is -0.00000000200. The van der Waals surface area contributed by atoms with Crippen LogP contribution < -0.4 is 0 Å². The molecule has 0 amide bonds. The number of hydrogen-bond donors (Lipinski definition) is 0. The van der Waals surface area contributed by atoms with Gasteiger partial charge in [-0.3, -0.25) is 0 Å². The van der Waals surface area contributed by atoms with E-state index in [9.17, 15) is 0 Å². The summed E-state index contributed by atoms with van der Waals surface area (Å²) in [6.45, 7) is 0. The molecule has 7 heteroatoms. The average Bonchev–Trinajstić information content (AvgIpc) is 0.918. The van der Waals surface area contributed by atoms with E-state index < -0.39 is 0 Å². The Kier molecular flexibility index (Phi) is 3160. The Hall–Kier alpha value is -0.0105. The molecule has 0 aromatic heterocycles. The molecular weight excluding hydrogens is 164 g/mol. The van der Waals surface area contributed by atoms with E-state index in [2.05, 4.69) is 16.0 Å². The van der Waals surface area contributed by atoms with Crippen LogP contribution in [0.2, 0.25) is 0 Å². The molecule has 0 aliphatic carbocycles. The summed E-state index contributed by atoms with van der Waals surface area (Å²) in [5, 5.41) is 0.500. The summed E-state index contributed by atoms with van der Waals surface area (Å²) in [4.78, 5) is 8.69. The number of carbonyl (C=O) groups excluding carboxylic acids is 1. The summed E-state index contributed by atoms with van der Waals surface area (Å²) in [7, 11) is 0. The van der Waals surface area contributed by atoms with Gasteiger partial charge in [0.25, 0.3) is 0 Å². The van der Waals surface area contributed by atoms with Gasteiger partial charge in [0.05, 0.1) is 0 Å². The normalized spacial score (nSPS) is 1.62. The topological polar surface area (TPSA) is 175 Å². The van der Waals surface area contributed by atoms with E-state index in [1.165, 1.54) is 0 Å². The van der Waals surface area contributed by atoms with E-state index in [4.69, 9.17) is 4.79 Å². The third-order valence-corrected chi connectivity index (χ3v) is 0. The van der Waals surface area contributed by atoms with Gasteiger partial charge < -0.3 is 27.4 Å². The van der Waals surface area contributed by atoms with Crippen molar-refractivity contribution in [2.24, 2.45) is 0 Å². The summed E-state index contributed by atoms with van der Waals surface area (Å²) in [5.41, 5.74) is 0. The third kappa shape index (κ3) is 1350000. The molecule has 0 saturated heterocycles. The minimum atomic E-state index is 0. The molecule has 0 heterocycles. The van der Waals surface area contributed by atoms with Gasteiger partial charge in [-0.05, 0) is 0 Å². The molecule has 0 aromatic carbocycles. The fraction of sp³-hybridized carbons (Fsp3) is 0. The second-order valence-electron chi connectivity index (χ2n) is 0.0833. The fourth-order valence-electron chi connectivity index (χ4n) is 0. The Morgan fingerprint density at radius 1 is 0.875 bits per heavy atom.